The SMILES string of the molecule is CC1=C(C(=O)OC(C)(C)C)C(c2cccc3c2OCO3)C(C(=O)OC(C)(C)C)=C(C)N1. The molecule has 0 spiro atoms. The maximum absolute atomic E-state index is 13.3. The van der Waals surface area contributed by atoms with Gasteiger partial charge in [0.2, 0.25) is 6.79 Å². The van der Waals surface area contributed by atoms with Gasteiger partial charge >= 0.3 is 11.9 Å². The Morgan fingerprint density at radius 3 is 1.90 bits per heavy atom. The number of allylic oxidation sites excluding steroid dienone is 2. The third kappa shape index (κ3) is 4.86. The molecule has 0 aliphatic carbocycles. The quantitative estimate of drug-likeness (QED) is 0.716. The van der Waals surface area contributed by atoms with Crippen LogP contribution in [0, 0.1) is 0 Å². The number of para-hydroxylation sites is 1. The van der Waals surface area contributed by atoms with E-state index in [0.717, 1.165) is 0 Å². The average molecular weight is 430 g/mol. The van der Waals surface area contributed by atoms with Crippen LogP contribution in [0.5, 0.6) is 11.5 Å². The summed E-state index contributed by atoms with van der Waals surface area (Å²) in [7, 11) is 0. The molecule has 2 heterocycles. The summed E-state index contributed by atoms with van der Waals surface area (Å²) in [5.41, 5.74) is 1.15. The molecule has 1 aromatic rings. The average Bonchev–Trinajstić information content (AvgIpc) is 3.06. The summed E-state index contributed by atoms with van der Waals surface area (Å²) in [6.07, 6.45) is 0. The van der Waals surface area contributed by atoms with Crippen LogP contribution in [0.4, 0.5) is 0 Å². The Hall–Kier alpha value is -2.96. The first-order valence-corrected chi connectivity index (χ1v) is 10.3. The number of rotatable bonds is 3. The van der Waals surface area contributed by atoms with E-state index in [0.29, 0.717) is 39.6 Å². The second-order valence-corrected chi connectivity index (χ2v) is 9.72. The molecule has 7 heteroatoms. The number of fused-ring (bicyclic) bond motifs is 1. The third-order valence-electron chi connectivity index (χ3n) is 4.74. The Bertz CT molecular complexity index is 925. The van der Waals surface area contributed by atoms with Gasteiger partial charge < -0.3 is 24.3 Å². The Morgan fingerprint density at radius 1 is 0.903 bits per heavy atom. The van der Waals surface area contributed by atoms with Crippen molar-refractivity contribution in [2.75, 3.05) is 6.79 Å². The minimum absolute atomic E-state index is 0.0756. The van der Waals surface area contributed by atoms with Crippen LogP contribution in [0.1, 0.15) is 66.9 Å². The minimum Gasteiger partial charge on any atom is -0.457 e. The second kappa shape index (κ2) is 7.94. The molecule has 7 nitrogen and oxygen atoms in total. The molecule has 3 rings (SSSR count). The van der Waals surface area contributed by atoms with Gasteiger partial charge in [0.05, 0.1) is 17.1 Å². The Labute approximate surface area is 183 Å². The van der Waals surface area contributed by atoms with E-state index < -0.39 is 29.1 Å². The smallest absolute Gasteiger partial charge is 0.337 e. The van der Waals surface area contributed by atoms with Crippen LogP contribution >= 0.6 is 0 Å². The van der Waals surface area contributed by atoms with Crippen LogP contribution in [0.25, 0.3) is 0 Å². The molecule has 0 bridgehead atoms. The topological polar surface area (TPSA) is 83.1 Å². The standard InChI is InChI=1S/C24H31NO6/c1-13-17(21(26)30-23(3,4)5)19(15-10-9-11-16-20(15)29-12-28-16)18(14(2)25-13)22(27)31-24(6,7)8/h9-11,19,25H,12H2,1-8H3. The summed E-state index contributed by atoms with van der Waals surface area (Å²) in [6.45, 7) is 14.5. The van der Waals surface area contributed by atoms with Crippen molar-refractivity contribution in [3.05, 3.63) is 46.3 Å². The largest absolute Gasteiger partial charge is 0.457 e. The summed E-state index contributed by atoms with van der Waals surface area (Å²) in [5, 5.41) is 3.17. The molecule has 0 atom stereocenters. The van der Waals surface area contributed by atoms with Crippen molar-refractivity contribution in [1.29, 1.82) is 0 Å². The van der Waals surface area contributed by atoms with Gasteiger partial charge in [0.25, 0.3) is 0 Å². The van der Waals surface area contributed by atoms with E-state index >= 15 is 0 Å². The van der Waals surface area contributed by atoms with Crippen molar-refractivity contribution in [3.63, 3.8) is 0 Å². The third-order valence-corrected chi connectivity index (χ3v) is 4.74. The van der Waals surface area contributed by atoms with Gasteiger partial charge in [-0.25, -0.2) is 9.59 Å². The number of ether oxygens (including phenoxy) is 4. The van der Waals surface area contributed by atoms with Crippen molar-refractivity contribution in [1.82, 2.24) is 5.32 Å². The predicted octanol–water partition coefficient (Wildman–Crippen LogP) is 4.33. The van der Waals surface area contributed by atoms with E-state index in [-0.39, 0.29) is 6.79 Å². The first kappa shape index (κ1) is 22.7. The second-order valence-electron chi connectivity index (χ2n) is 9.72. The maximum Gasteiger partial charge on any atom is 0.337 e. The number of carbonyl (C=O) groups is 2. The number of dihydropyridines is 1. The molecule has 0 radical (unpaired) electrons. The van der Waals surface area contributed by atoms with Gasteiger partial charge in [0.1, 0.15) is 11.2 Å². The van der Waals surface area contributed by atoms with Gasteiger partial charge in [-0.2, -0.15) is 0 Å². The number of benzene rings is 1. The Kier molecular flexibility index (Phi) is 5.82. The van der Waals surface area contributed by atoms with E-state index in [1.165, 1.54) is 0 Å². The van der Waals surface area contributed by atoms with Gasteiger partial charge in [0.15, 0.2) is 11.5 Å². The highest BCUT2D eigenvalue weighted by Crippen LogP contribution is 2.47. The molecule has 0 saturated heterocycles. The zero-order chi connectivity index (χ0) is 23.1. The predicted molar refractivity (Wildman–Crippen MR) is 116 cm³/mol. The van der Waals surface area contributed by atoms with Crippen molar-refractivity contribution in [3.8, 4) is 11.5 Å². The van der Waals surface area contributed by atoms with Crippen molar-refractivity contribution < 1.29 is 28.5 Å². The van der Waals surface area contributed by atoms with Crippen LogP contribution in [-0.4, -0.2) is 29.9 Å². The van der Waals surface area contributed by atoms with Crippen LogP contribution < -0.4 is 14.8 Å². The van der Waals surface area contributed by atoms with E-state index in [2.05, 4.69) is 5.32 Å². The van der Waals surface area contributed by atoms with E-state index in [4.69, 9.17) is 18.9 Å². The molecule has 2 aliphatic heterocycles. The molecule has 0 aromatic heterocycles. The first-order valence-electron chi connectivity index (χ1n) is 10.3. The monoisotopic (exact) mass is 429 g/mol. The summed E-state index contributed by atoms with van der Waals surface area (Å²) in [4.78, 5) is 26.6. The molecule has 168 valence electrons. The lowest BCUT2D eigenvalue weighted by Crippen LogP contribution is -2.36. The molecule has 0 unspecified atom stereocenters. The van der Waals surface area contributed by atoms with Crippen molar-refractivity contribution in [2.24, 2.45) is 0 Å². The van der Waals surface area contributed by atoms with E-state index in [1.807, 2.05) is 12.1 Å². The van der Waals surface area contributed by atoms with E-state index in [9.17, 15) is 9.59 Å². The van der Waals surface area contributed by atoms with Gasteiger partial charge in [-0.3, -0.25) is 0 Å². The highest BCUT2D eigenvalue weighted by Gasteiger charge is 2.42. The van der Waals surface area contributed by atoms with Gasteiger partial charge in [0, 0.05) is 17.0 Å². The van der Waals surface area contributed by atoms with Crippen molar-refractivity contribution in [2.45, 2.75) is 72.5 Å². The molecule has 31 heavy (non-hydrogen) atoms. The Balaban J connectivity index is 2.19. The maximum atomic E-state index is 13.3. The molecule has 0 fully saturated rings. The summed E-state index contributed by atoms with van der Waals surface area (Å²) in [5.74, 6) is -0.668. The lowest BCUT2D eigenvalue weighted by Gasteiger charge is -2.33. The summed E-state index contributed by atoms with van der Waals surface area (Å²) < 4.78 is 22.7. The minimum atomic E-state index is -0.734. The zero-order valence-corrected chi connectivity index (χ0v) is 19.5. The molecule has 1 N–H and O–H groups in total. The van der Waals surface area contributed by atoms with Gasteiger partial charge in [-0.05, 0) is 61.5 Å². The van der Waals surface area contributed by atoms with Crippen LogP contribution in [0.15, 0.2) is 40.7 Å². The Morgan fingerprint density at radius 2 is 1.42 bits per heavy atom. The highest BCUT2D eigenvalue weighted by molar-refractivity contribution is 6.00. The fourth-order valence-corrected chi connectivity index (χ4v) is 3.69. The fraction of sp³-hybridized carbons (Fsp3) is 0.500. The van der Waals surface area contributed by atoms with Crippen LogP contribution in [-0.2, 0) is 19.1 Å². The number of hydrogen-bond donors (Lipinski definition) is 1. The normalized spacial score (nSPS) is 16.9. The lowest BCUT2D eigenvalue weighted by molar-refractivity contribution is -0.150. The highest BCUT2D eigenvalue weighted by atomic mass is 16.7. The molecular formula is C24H31NO6. The van der Waals surface area contributed by atoms with E-state index in [1.54, 1.807) is 61.5 Å². The fourth-order valence-electron chi connectivity index (χ4n) is 3.69. The summed E-state index contributed by atoms with van der Waals surface area (Å²) in [6, 6.07) is 5.44. The van der Waals surface area contributed by atoms with Gasteiger partial charge in [-0.15, -0.1) is 0 Å². The molecule has 1 aromatic carbocycles. The number of carbonyl (C=O) groups excluding carboxylic acids is 2. The molecule has 0 saturated carbocycles. The lowest BCUT2D eigenvalue weighted by atomic mass is 9.79. The first-order chi connectivity index (χ1) is 14.3. The van der Waals surface area contributed by atoms with Crippen LogP contribution in [0.3, 0.4) is 0 Å². The molecular weight excluding hydrogens is 398 g/mol. The zero-order valence-electron chi connectivity index (χ0n) is 19.5. The molecule has 0 amide bonds. The van der Waals surface area contributed by atoms with Gasteiger partial charge in [-0.1, -0.05) is 12.1 Å². The number of hydrogen-bond acceptors (Lipinski definition) is 7. The number of esters is 2. The summed E-state index contributed by atoms with van der Waals surface area (Å²) >= 11 is 0. The molecule has 2 aliphatic rings. The number of nitrogens with one attached hydrogen (secondary N) is 1. The van der Waals surface area contributed by atoms with Crippen LogP contribution in [0.2, 0.25) is 0 Å². The van der Waals surface area contributed by atoms with Crippen molar-refractivity contribution >= 4 is 11.9 Å².